The van der Waals surface area contributed by atoms with E-state index in [9.17, 15) is 0 Å². The van der Waals surface area contributed by atoms with E-state index in [2.05, 4.69) is 17.1 Å². The van der Waals surface area contributed by atoms with Crippen molar-refractivity contribution in [2.24, 2.45) is 5.92 Å². The van der Waals surface area contributed by atoms with Gasteiger partial charge < -0.3 is 15.2 Å². The highest BCUT2D eigenvalue weighted by Gasteiger charge is 2.21. The number of rotatable bonds is 2. The molecule has 1 aromatic heterocycles. The van der Waals surface area contributed by atoms with Crippen molar-refractivity contribution in [2.45, 2.75) is 12.8 Å². The van der Waals surface area contributed by atoms with Gasteiger partial charge in [-0.05, 0) is 25.9 Å². The van der Waals surface area contributed by atoms with Crippen LogP contribution in [0.25, 0.3) is 0 Å². The van der Waals surface area contributed by atoms with Gasteiger partial charge in [-0.1, -0.05) is 5.16 Å². The lowest BCUT2D eigenvalue weighted by molar-refractivity contribution is 0.349. The first-order valence-electron chi connectivity index (χ1n) is 4.63. The van der Waals surface area contributed by atoms with E-state index in [1.807, 2.05) is 0 Å². The average Bonchev–Trinajstić information content (AvgIpc) is 2.64. The fourth-order valence-corrected chi connectivity index (χ4v) is 1.88. The van der Waals surface area contributed by atoms with Crippen LogP contribution < -0.4 is 5.73 Å². The Morgan fingerprint density at radius 2 is 2.62 bits per heavy atom. The molecule has 1 atom stereocenters. The maximum absolute atomic E-state index is 5.68. The molecule has 13 heavy (non-hydrogen) atoms. The summed E-state index contributed by atoms with van der Waals surface area (Å²) in [5.74, 6) is 1.53. The van der Waals surface area contributed by atoms with Gasteiger partial charge in [-0.25, -0.2) is 0 Å². The molecule has 1 unspecified atom stereocenters. The van der Waals surface area contributed by atoms with Crippen LogP contribution in [0.4, 0.5) is 5.69 Å². The van der Waals surface area contributed by atoms with Gasteiger partial charge in [0.2, 0.25) is 0 Å². The molecule has 0 radical (unpaired) electrons. The van der Waals surface area contributed by atoms with E-state index in [-0.39, 0.29) is 0 Å². The van der Waals surface area contributed by atoms with Crippen molar-refractivity contribution in [1.29, 1.82) is 0 Å². The van der Waals surface area contributed by atoms with Crippen molar-refractivity contribution >= 4 is 5.69 Å². The van der Waals surface area contributed by atoms with Crippen LogP contribution in [0.1, 0.15) is 12.2 Å². The first kappa shape index (κ1) is 8.56. The Morgan fingerprint density at radius 3 is 3.15 bits per heavy atom. The smallest absolute Gasteiger partial charge is 0.159 e. The van der Waals surface area contributed by atoms with Crippen LogP contribution in [0, 0.1) is 5.92 Å². The fourth-order valence-electron chi connectivity index (χ4n) is 1.88. The Hall–Kier alpha value is -1.03. The summed E-state index contributed by atoms with van der Waals surface area (Å²) in [7, 11) is 2.14. The zero-order valence-electron chi connectivity index (χ0n) is 7.86. The lowest BCUT2D eigenvalue weighted by Crippen LogP contribution is -2.15. The Bertz CT molecular complexity index is 284. The van der Waals surface area contributed by atoms with Gasteiger partial charge in [0.1, 0.15) is 0 Å². The third kappa shape index (κ3) is 1.83. The monoisotopic (exact) mass is 181 g/mol. The van der Waals surface area contributed by atoms with E-state index in [4.69, 9.17) is 10.3 Å². The quantitative estimate of drug-likeness (QED) is 0.731. The van der Waals surface area contributed by atoms with Crippen molar-refractivity contribution in [1.82, 2.24) is 10.1 Å². The summed E-state index contributed by atoms with van der Waals surface area (Å²) in [6.07, 6.45) is 3.74. The second kappa shape index (κ2) is 3.38. The Balaban J connectivity index is 1.95. The van der Waals surface area contributed by atoms with Crippen LogP contribution in [0.2, 0.25) is 0 Å². The molecule has 1 aromatic rings. The molecule has 1 aliphatic rings. The minimum absolute atomic E-state index is 0.681. The molecule has 2 rings (SSSR count). The Kier molecular flexibility index (Phi) is 2.22. The molecule has 0 spiro atoms. The van der Waals surface area contributed by atoms with Gasteiger partial charge in [0.05, 0.1) is 11.9 Å². The molecule has 1 aliphatic heterocycles. The highest BCUT2D eigenvalue weighted by Crippen LogP contribution is 2.22. The van der Waals surface area contributed by atoms with Gasteiger partial charge >= 0.3 is 0 Å². The van der Waals surface area contributed by atoms with Crippen molar-refractivity contribution in [3.8, 4) is 0 Å². The highest BCUT2D eigenvalue weighted by atomic mass is 16.5. The van der Waals surface area contributed by atoms with Crippen LogP contribution in [0.5, 0.6) is 0 Å². The SMILES string of the molecule is CN1CCC(Cc2oncc2N)C1. The normalized spacial score (nSPS) is 23.9. The molecular weight excluding hydrogens is 166 g/mol. The number of likely N-dealkylation sites (tertiary alicyclic amines) is 1. The molecule has 0 aliphatic carbocycles. The molecule has 4 heteroatoms. The third-order valence-electron chi connectivity index (χ3n) is 2.64. The fraction of sp³-hybridized carbons (Fsp3) is 0.667. The predicted octanol–water partition coefficient (Wildman–Crippen LogP) is 0.751. The number of hydrogen-bond donors (Lipinski definition) is 1. The highest BCUT2D eigenvalue weighted by molar-refractivity contribution is 5.38. The summed E-state index contributed by atoms with van der Waals surface area (Å²) in [5.41, 5.74) is 6.37. The van der Waals surface area contributed by atoms with Gasteiger partial charge in [0.25, 0.3) is 0 Å². The molecule has 0 bridgehead atoms. The second-order valence-electron chi connectivity index (χ2n) is 3.83. The summed E-state index contributed by atoms with van der Waals surface area (Å²) in [5, 5.41) is 3.67. The molecule has 0 saturated carbocycles. The molecule has 72 valence electrons. The summed E-state index contributed by atoms with van der Waals surface area (Å²) in [6.45, 7) is 2.32. The number of aromatic nitrogens is 1. The summed E-state index contributed by atoms with van der Waals surface area (Å²) >= 11 is 0. The predicted molar refractivity (Wildman–Crippen MR) is 50.2 cm³/mol. The third-order valence-corrected chi connectivity index (χ3v) is 2.64. The Labute approximate surface area is 77.7 Å². The molecule has 2 heterocycles. The molecule has 1 fully saturated rings. The molecule has 1 saturated heterocycles. The minimum Gasteiger partial charge on any atom is -0.395 e. The van der Waals surface area contributed by atoms with Gasteiger partial charge in [0, 0.05) is 13.0 Å². The standard InChI is InChI=1S/C9H15N3O/c1-12-3-2-7(6-12)4-9-8(10)5-11-13-9/h5,7H,2-4,6,10H2,1H3. The summed E-state index contributed by atoms with van der Waals surface area (Å²) < 4.78 is 5.07. The van der Waals surface area contributed by atoms with E-state index >= 15 is 0 Å². The maximum Gasteiger partial charge on any atom is 0.159 e. The van der Waals surface area contributed by atoms with Crippen LogP contribution in [0.15, 0.2) is 10.7 Å². The number of nitrogens with zero attached hydrogens (tertiary/aromatic N) is 2. The lowest BCUT2D eigenvalue weighted by atomic mass is 10.0. The van der Waals surface area contributed by atoms with E-state index in [1.54, 1.807) is 6.20 Å². The minimum atomic E-state index is 0.681. The van der Waals surface area contributed by atoms with Crippen molar-refractivity contribution < 1.29 is 4.52 Å². The van der Waals surface area contributed by atoms with Gasteiger partial charge in [-0.15, -0.1) is 0 Å². The second-order valence-corrected chi connectivity index (χ2v) is 3.83. The van der Waals surface area contributed by atoms with Gasteiger partial charge in [0.15, 0.2) is 5.76 Å². The van der Waals surface area contributed by atoms with E-state index in [1.165, 1.54) is 13.0 Å². The van der Waals surface area contributed by atoms with Crippen molar-refractivity contribution in [3.63, 3.8) is 0 Å². The number of hydrogen-bond acceptors (Lipinski definition) is 4. The summed E-state index contributed by atoms with van der Waals surface area (Å²) in [4.78, 5) is 2.33. The Morgan fingerprint density at radius 1 is 1.77 bits per heavy atom. The molecule has 0 amide bonds. The van der Waals surface area contributed by atoms with Gasteiger partial charge in [-0.3, -0.25) is 0 Å². The zero-order chi connectivity index (χ0) is 9.26. The molecule has 4 nitrogen and oxygen atoms in total. The summed E-state index contributed by atoms with van der Waals surface area (Å²) in [6, 6.07) is 0. The first-order valence-corrected chi connectivity index (χ1v) is 4.63. The number of nitrogen functional groups attached to an aromatic ring is 1. The molecule has 0 aromatic carbocycles. The zero-order valence-corrected chi connectivity index (χ0v) is 7.86. The van der Waals surface area contributed by atoms with E-state index < -0.39 is 0 Å². The van der Waals surface area contributed by atoms with Crippen LogP contribution in [-0.4, -0.2) is 30.2 Å². The van der Waals surface area contributed by atoms with Gasteiger partial charge in [-0.2, -0.15) is 0 Å². The average molecular weight is 181 g/mol. The van der Waals surface area contributed by atoms with Crippen LogP contribution in [-0.2, 0) is 6.42 Å². The van der Waals surface area contributed by atoms with Crippen molar-refractivity contribution in [3.05, 3.63) is 12.0 Å². The maximum atomic E-state index is 5.68. The van der Waals surface area contributed by atoms with Crippen LogP contribution >= 0.6 is 0 Å². The number of nitrogens with two attached hydrogens (primary N) is 1. The number of anilines is 1. The van der Waals surface area contributed by atoms with Crippen LogP contribution in [0.3, 0.4) is 0 Å². The largest absolute Gasteiger partial charge is 0.395 e. The van der Waals surface area contributed by atoms with E-state index in [0.717, 1.165) is 18.7 Å². The van der Waals surface area contributed by atoms with E-state index in [0.29, 0.717) is 11.6 Å². The lowest BCUT2D eigenvalue weighted by Gasteiger charge is -2.07. The first-order chi connectivity index (χ1) is 6.25. The topological polar surface area (TPSA) is 55.3 Å². The van der Waals surface area contributed by atoms with Crippen molar-refractivity contribution in [2.75, 3.05) is 25.9 Å². The molecular formula is C9H15N3O. The molecule has 2 N–H and O–H groups in total.